The molecule has 32 heavy (non-hydrogen) atoms. The van der Waals surface area contributed by atoms with Crippen molar-refractivity contribution in [1.82, 2.24) is 9.88 Å². The summed E-state index contributed by atoms with van der Waals surface area (Å²) in [4.78, 5) is 22.8. The first-order valence-electron chi connectivity index (χ1n) is 11.4. The Morgan fingerprint density at radius 1 is 1.09 bits per heavy atom. The molecular formula is C26H29N3O2S. The molecule has 5 rings (SSSR count). The lowest BCUT2D eigenvalue weighted by Gasteiger charge is -2.33. The van der Waals surface area contributed by atoms with Crippen LogP contribution in [0.4, 0.5) is 5.69 Å². The summed E-state index contributed by atoms with van der Waals surface area (Å²) in [6.07, 6.45) is 6.00. The number of ether oxygens (including phenoxy) is 1. The zero-order chi connectivity index (χ0) is 21.9. The maximum atomic E-state index is 13.6. The van der Waals surface area contributed by atoms with Crippen LogP contribution in [0.15, 0.2) is 60.7 Å². The molecule has 0 spiro atoms. The number of carbonyl (C=O) groups is 1. The number of hydrogen-bond donors (Lipinski definition) is 0. The summed E-state index contributed by atoms with van der Waals surface area (Å²) in [6.45, 7) is 3.89. The van der Waals surface area contributed by atoms with Crippen LogP contribution in [0.5, 0.6) is 0 Å². The molecular weight excluding hydrogens is 418 g/mol. The van der Waals surface area contributed by atoms with Gasteiger partial charge in [0, 0.05) is 38.3 Å². The Bertz CT molecular complexity index is 1090. The van der Waals surface area contributed by atoms with Crippen molar-refractivity contribution in [1.29, 1.82) is 0 Å². The number of morpholine rings is 1. The number of benzene rings is 2. The van der Waals surface area contributed by atoms with E-state index in [4.69, 9.17) is 9.72 Å². The fraction of sp³-hybridized carbons (Fsp3) is 0.385. The lowest BCUT2D eigenvalue weighted by Crippen LogP contribution is -2.38. The molecule has 0 radical (unpaired) electrons. The number of hydrogen-bond acceptors (Lipinski definition) is 5. The summed E-state index contributed by atoms with van der Waals surface area (Å²) >= 11 is 1.73. The van der Waals surface area contributed by atoms with E-state index >= 15 is 0 Å². The molecule has 1 fully saturated rings. The van der Waals surface area contributed by atoms with E-state index in [-0.39, 0.29) is 17.7 Å². The summed E-state index contributed by atoms with van der Waals surface area (Å²) in [7, 11) is 1.94. The molecule has 1 amide bonds. The first-order chi connectivity index (χ1) is 15.7. The summed E-state index contributed by atoms with van der Waals surface area (Å²) in [5.74, 6) is 0.276. The molecule has 2 aromatic carbocycles. The number of carbonyl (C=O) groups excluding carboxylic acids is 1. The molecule has 3 aromatic rings. The lowest BCUT2D eigenvalue weighted by atomic mass is 9.82. The smallest absolute Gasteiger partial charge is 0.226 e. The van der Waals surface area contributed by atoms with Gasteiger partial charge >= 0.3 is 0 Å². The Labute approximate surface area is 193 Å². The number of thiazole rings is 1. The molecule has 2 heterocycles. The van der Waals surface area contributed by atoms with Crippen molar-refractivity contribution < 1.29 is 9.53 Å². The van der Waals surface area contributed by atoms with Crippen molar-refractivity contribution in [2.24, 2.45) is 5.92 Å². The van der Waals surface area contributed by atoms with Gasteiger partial charge in [-0.1, -0.05) is 42.5 Å². The Balaban J connectivity index is 1.35. The quantitative estimate of drug-likeness (QED) is 0.525. The molecule has 5 nitrogen and oxygen atoms in total. The highest BCUT2D eigenvalue weighted by atomic mass is 32.1. The van der Waals surface area contributed by atoms with Crippen molar-refractivity contribution in [2.45, 2.75) is 25.3 Å². The number of aromatic nitrogens is 1. The van der Waals surface area contributed by atoms with Crippen LogP contribution >= 0.6 is 11.3 Å². The molecule has 2 aliphatic rings. The average Bonchev–Trinajstić information content (AvgIpc) is 3.29. The summed E-state index contributed by atoms with van der Waals surface area (Å²) < 4.78 is 6.71. The second-order valence-electron chi connectivity index (χ2n) is 8.60. The second-order valence-corrected chi connectivity index (χ2v) is 9.66. The standard InChI is InChI=1S/C26H29N3O2S/c1-28(18-19-8-2-6-12-23(19)29-14-16-31-17-15-29)26(30)21-10-4-3-9-20(21)25-27-22-11-5-7-13-24(22)32-25/h2-8,11-13,20-21H,9-10,14-18H2,1H3. The number of para-hydroxylation sites is 2. The van der Waals surface area contributed by atoms with E-state index in [9.17, 15) is 4.79 Å². The van der Waals surface area contributed by atoms with Gasteiger partial charge in [-0.3, -0.25) is 4.79 Å². The summed E-state index contributed by atoms with van der Waals surface area (Å²) in [5, 5.41) is 1.08. The second kappa shape index (κ2) is 9.43. The number of rotatable bonds is 5. The highest BCUT2D eigenvalue weighted by Gasteiger charge is 2.34. The van der Waals surface area contributed by atoms with Gasteiger partial charge < -0.3 is 14.5 Å². The Morgan fingerprint density at radius 3 is 2.69 bits per heavy atom. The number of anilines is 1. The highest BCUT2D eigenvalue weighted by molar-refractivity contribution is 7.18. The van der Waals surface area contributed by atoms with Gasteiger partial charge in [-0.25, -0.2) is 4.98 Å². The monoisotopic (exact) mass is 447 g/mol. The third-order valence-corrected chi connectivity index (χ3v) is 7.67. The maximum Gasteiger partial charge on any atom is 0.226 e. The van der Waals surface area contributed by atoms with Gasteiger partial charge in [-0.15, -0.1) is 11.3 Å². The van der Waals surface area contributed by atoms with Crippen LogP contribution < -0.4 is 4.90 Å². The minimum absolute atomic E-state index is 0.0684. The largest absolute Gasteiger partial charge is 0.378 e. The first kappa shape index (κ1) is 21.2. The molecule has 1 saturated heterocycles. The molecule has 1 aromatic heterocycles. The fourth-order valence-electron chi connectivity index (χ4n) is 4.78. The van der Waals surface area contributed by atoms with E-state index in [0.717, 1.165) is 49.7 Å². The molecule has 0 saturated carbocycles. The van der Waals surface area contributed by atoms with Crippen LogP contribution in [0.1, 0.15) is 29.3 Å². The molecule has 6 heteroatoms. The number of nitrogens with zero attached hydrogens (tertiary/aromatic N) is 3. The van der Waals surface area contributed by atoms with Gasteiger partial charge in [0.05, 0.1) is 34.4 Å². The normalized spacial score (nSPS) is 21.1. The Hall–Kier alpha value is -2.70. The topological polar surface area (TPSA) is 45.7 Å². The van der Waals surface area contributed by atoms with Crippen molar-refractivity contribution in [2.75, 3.05) is 38.3 Å². The molecule has 2 atom stereocenters. The predicted octanol–water partition coefficient (Wildman–Crippen LogP) is 4.84. The number of amides is 1. The SMILES string of the molecule is CN(Cc1ccccc1N1CCOCC1)C(=O)C1CC=CCC1c1nc2ccccc2s1. The zero-order valence-corrected chi connectivity index (χ0v) is 19.3. The molecule has 166 valence electrons. The van der Waals surface area contributed by atoms with Crippen LogP contribution in [0.3, 0.4) is 0 Å². The number of allylic oxidation sites excluding steroid dienone is 2. The van der Waals surface area contributed by atoms with E-state index in [2.05, 4.69) is 53.5 Å². The molecule has 0 bridgehead atoms. The lowest BCUT2D eigenvalue weighted by molar-refractivity contribution is -0.135. The van der Waals surface area contributed by atoms with Gasteiger partial charge in [0.15, 0.2) is 0 Å². The maximum absolute atomic E-state index is 13.6. The van der Waals surface area contributed by atoms with E-state index < -0.39 is 0 Å². The minimum atomic E-state index is -0.0684. The molecule has 0 N–H and O–H groups in total. The summed E-state index contributed by atoms with van der Waals surface area (Å²) in [5.41, 5.74) is 3.43. The van der Waals surface area contributed by atoms with Gasteiger partial charge in [0.2, 0.25) is 5.91 Å². The van der Waals surface area contributed by atoms with Gasteiger partial charge in [0.1, 0.15) is 0 Å². The van der Waals surface area contributed by atoms with Gasteiger partial charge in [-0.05, 0) is 36.6 Å². The van der Waals surface area contributed by atoms with E-state index in [1.807, 2.05) is 24.1 Å². The zero-order valence-electron chi connectivity index (χ0n) is 18.4. The number of fused-ring (bicyclic) bond motifs is 1. The van der Waals surface area contributed by atoms with E-state index in [1.54, 1.807) is 11.3 Å². The van der Waals surface area contributed by atoms with Crippen molar-refractivity contribution in [3.8, 4) is 0 Å². The predicted molar refractivity (Wildman–Crippen MR) is 130 cm³/mol. The van der Waals surface area contributed by atoms with Crippen molar-refractivity contribution >= 4 is 33.1 Å². The summed E-state index contributed by atoms with van der Waals surface area (Å²) in [6, 6.07) is 16.7. The van der Waals surface area contributed by atoms with Gasteiger partial charge in [-0.2, -0.15) is 0 Å². The van der Waals surface area contributed by atoms with Crippen LogP contribution in [0.2, 0.25) is 0 Å². The Morgan fingerprint density at radius 2 is 1.84 bits per heavy atom. The molecule has 1 aliphatic heterocycles. The average molecular weight is 448 g/mol. The van der Waals surface area contributed by atoms with Crippen LogP contribution in [0, 0.1) is 5.92 Å². The van der Waals surface area contributed by atoms with Gasteiger partial charge in [0.25, 0.3) is 0 Å². The fourth-order valence-corrected chi connectivity index (χ4v) is 5.93. The van der Waals surface area contributed by atoms with Crippen molar-refractivity contribution in [3.63, 3.8) is 0 Å². The molecule has 1 aliphatic carbocycles. The van der Waals surface area contributed by atoms with Crippen LogP contribution in [0.25, 0.3) is 10.2 Å². The first-order valence-corrected chi connectivity index (χ1v) is 12.2. The highest BCUT2D eigenvalue weighted by Crippen LogP contribution is 2.39. The van der Waals surface area contributed by atoms with Crippen LogP contribution in [-0.2, 0) is 16.1 Å². The molecule has 2 unspecified atom stereocenters. The van der Waals surface area contributed by atoms with Crippen molar-refractivity contribution in [3.05, 3.63) is 71.3 Å². The minimum Gasteiger partial charge on any atom is -0.378 e. The third-order valence-electron chi connectivity index (χ3n) is 6.50. The van der Waals surface area contributed by atoms with E-state index in [1.165, 1.54) is 16.0 Å². The Kier molecular flexibility index (Phi) is 6.23. The van der Waals surface area contributed by atoms with E-state index in [0.29, 0.717) is 6.54 Å². The third kappa shape index (κ3) is 4.30. The van der Waals surface area contributed by atoms with Crippen LogP contribution in [-0.4, -0.2) is 49.1 Å².